The SMILES string of the molecule is Brc1ccc(C2=COCCO2)nc1. The molecule has 0 saturated carbocycles. The van der Waals surface area contributed by atoms with Gasteiger partial charge in [-0.25, -0.2) is 0 Å². The van der Waals surface area contributed by atoms with E-state index >= 15 is 0 Å². The fourth-order valence-electron chi connectivity index (χ4n) is 1.02. The van der Waals surface area contributed by atoms with E-state index in [2.05, 4.69) is 20.9 Å². The molecule has 0 N–H and O–H groups in total. The summed E-state index contributed by atoms with van der Waals surface area (Å²) in [6, 6.07) is 3.80. The Labute approximate surface area is 84.5 Å². The third kappa shape index (κ3) is 2.01. The van der Waals surface area contributed by atoms with Gasteiger partial charge in [-0.05, 0) is 28.1 Å². The number of hydrogen-bond acceptors (Lipinski definition) is 3. The van der Waals surface area contributed by atoms with Crippen LogP contribution >= 0.6 is 15.9 Å². The van der Waals surface area contributed by atoms with Gasteiger partial charge in [-0.3, -0.25) is 4.98 Å². The molecule has 0 bridgehead atoms. The van der Waals surface area contributed by atoms with Crippen molar-refractivity contribution in [2.45, 2.75) is 0 Å². The molecule has 1 aliphatic rings. The molecule has 0 radical (unpaired) electrons. The molecule has 0 amide bonds. The third-order valence-corrected chi connectivity index (χ3v) is 2.10. The second-order valence-electron chi connectivity index (χ2n) is 2.56. The van der Waals surface area contributed by atoms with Gasteiger partial charge in [0.25, 0.3) is 0 Å². The summed E-state index contributed by atoms with van der Waals surface area (Å²) in [4.78, 5) is 4.18. The molecule has 0 fully saturated rings. The van der Waals surface area contributed by atoms with Crippen LogP contribution in [0.3, 0.4) is 0 Å². The topological polar surface area (TPSA) is 31.4 Å². The minimum Gasteiger partial charge on any atom is -0.494 e. The van der Waals surface area contributed by atoms with Gasteiger partial charge < -0.3 is 9.47 Å². The lowest BCUT2D eigenvalue weighted by atomic mass is 10.3. The monoisotopic (exact) mass is 241 g/mol. The van der Waals surface area contributed by atoms with Gasteiger partial charge in [0.15, 0.2) is 5.76 Å². The van der Waals surface area contributed by atoms with Crippen molar-refractivity contribution in [3.8, 4) is 0 Å². The average molecular weight is 242 g/mol. The smallest absolute Gasteiger partial charge is 0.179 e. The summed E-state index contributed by atoms with van der Waals surface area (Å²) in [5.74, 6) is 0.693. The Bertz CT molecular complexity index is 321. The van der Waals surface area contributed by atoms with Gasteiger partial charge in [0.1, 0.15) is 25.2 Å². The quantitative estimate of drug-likeness (QED) is 0.756. The van der Waals surface area contributed by atoms with Crippen LogP contribution in [0.5, 0.6) is 0 Å². The highest BCUT2D eigenvalue weighted by Gasteiger charge is 2.08. The summed E-state index contributed by atoms with van der Waals surface area (Å²) in [5, 5.41) is 0. The maximum Gasteiger partial charge on any atom is 0.179 e. The Morgan fingerprint density at radius 2 is 2.23 bits per heavy atom. The standard InChI is InChI=1S/C9H8BrNO2/c10-7-1-2-8(11-5-7)9-6-12-3-4-13-9/h1-2,5-6H,3-4H2. The molecule has 1 aliphatic heterocycles. The van der Waals surface area contributed by atoms with Gasteiger partial charge in [0.05, 0.1) is 0 Å². The first-order valence-electron chi connectivity index (χ1n) is 3.93. The molecule has 1 aromatic heterocycles. The first kappa shape index (κ1) is 8.56. The lowest BCUT2D eigenvalue weighted by Gasteiger charge is -2.14. The molecule has 4 heteroatoms. The molecule has 0 aliphatic carbocycles. The maximum atomic E-state index is 5.36. The van der Waals surface area contributed by atoms with Crippen molar-refractivity contribution in [2.24, 2.45) is 0 Å². The highest BCUT2D eigenvalue weighted by atomic mass is 79.9. The maximum absolute atomic E-state index is 5.36. The molecular weight excluding hydrogens is 234 g/mol. The Hall–Kier alpha value is -1.03. The number of pyridine rings is 1. The van der Waals surface area contributed by atoms with Crippen LogP contribution in [0.25, 0.3) is 5.76 Å². The molecule has 13 heavy (non-hydrogen) atoms. The predicted octanol–water partition coefficient (Wildman–Crippen LogP) is 2.19. The molecule has 0 unspecified atom stereocenters. The molecule has 0 atom stereocenters. The number of aromatic nitrogens is 1. The summed E-state index contributed by atoms with van der Waals surface area (Å²) in [5.41, 5.74) is 0.794. The van der Waals surface area contributed by atoms with Crippen LogP contribution < -0.4 is 0 Å². The fraction of sp³-hybridized carbons (Fsp3) is 0.222. The van der Waals surface area contributed by atoms with Gasteiger partial charge in [0, 0.05) is 10.7 Å². The summed E-state index contributed by atoms with van der Waals surface area (Å²) in [6.45, 7) is 1.20. The second kappa shape index (κ2) is 3.79. The van der Waals surface area contributed by atoms with E-state index in [0.717, 1.165) is 10.2 Å². The normalized spacial score (nSPS) is 15.6. The van der Waals surface area contributed by atoms with Crippen molar-refractivity contribution in [1.82, 2.24) is 4.98 Å². The number of nitrogens with zero attached hydrogens (tertiary/aromatic N) is 1. The Morgan fingerprint density at radius 3 is 2.85 bits per heavy atom. The molecule has 68 valence electrons. The molecule has 2 rings (SSSR count). The summed E-state index contributed by atoms with van der Waals surface area (Å²) < 4.78 is 11.4. The third-order valence-electron chi connectivity index (χ3n) is 1.63. The van der Waals surface area contributed by atoms with Crippen LogP contribution in [-0.4, -0.2) is 18.2 Å². The zero-order valence-corrected chi connectivity index (χ0v) is 8.45. The average Bonchev–Trinajstić information content (AvgIpc) is 2.20. The van der Waals surface area contributed by atoms with Crippen LogP contribution in [-0.2, 0) is 9.47 Å². The minimum absolute atomic E-state index is 0.587. The summed E-state index contributed by atoms with van der Waals surface area (Å²) >= 11 is 3.32. The van der Waals surface area contributed by atoms with Gasteiger partial charge in [-0.15, -0.1) is 0 Å². The predicted molar refractivity (Wildman–Crippen MR) is 51.8 cm³/mol. The Morgan fingerprint density at radius 1 is 1.31 bits per heavy atom. The largest absolute Gasteiger partial charge is 0.494 e. The molecular formula is C9H8BrNO2. The van der Waals surface area contributed by atoms with Crippen LogP contribution in [0.4, 0.5) is 0 Å². The van der Waals surface area contributed by atoms with E-state index in [0.29, 0.717) is 19.0 Å². The summed E-state index contributed by atoms with van der Waals surface area (Å²) in [6.07, 6.45) is 3.33. The van der Waals surface area contributed by atoms with Crippen molar-refractivity contribution in [2.75, 3.05) is 13.2 Å². The van der Waals surface area contributed by atoms with Crippen molar-refractivity contribution in [3.63, 3.8) is 0 Å². The van der Waals surface area contributed by atoms with E-state index < -0.39 is 0 Å². The van der Waals surface area contributed by atoms with Crippen molar-refractivity contribution >= 4 is 21.7 Å². The number of ether oxygens (including phenoxy) is 2. The fourth-order valence-corrected chi connectivity index (χ4v) is 1.26. The lowest BCUT2D eigenvalue weighted by molar-refractivity contribution is 0.125. The van der Waals surface area contributed by atoms with E-state index in [9.17, 15) is 0 Å². The first-order valence-corrected chi connectivity index (χ1v) is 4.72. The first-order chi connectivity index (χ1) is 6.36. The molecule has 3 nitrogen and oxygen atoms in total. The second-order valence-corrected chi connectivity index (χ2v) is 3.48. The van der Waals surface area contributed by atoms with Gasteiger partial charge >= 0.3 is 0 Å². The van der Waals surface area contributed by atoms with E-state index in [-0.39, 0.29) is 0 Å². The molecule has 0 aromatic carbocycles. The van der Waals surface area contributed by atoms with E-state index in [1.807, 2.05) is 12.1 Å². The van der Waals surface area contributed by atoms with Crippen LogP contribution in [0.2, 0.25) is 0 Å². The highest BCUT2D eigenvalue weighted by Crippen LogP contribution is 2.17. The van der Waals surface area contributed by atoms with E-state index in [1.165, 1.54) is 0 Å². The molecule has 0 saturated heterocycles. The molecule has 1 aromatic rings. The molecule has 2 heterocycles. The zero-order chi connectivity index (χ0) is 9.10. The zero-order valence-electron chi connectivity index (χ0n) is 6.87. The highest BCUT2D eigenvalue weighted by molar-refractivity contribution is 9.10. The van der Waals surface area contributed by atoms with Crippen LogP contribution in [0.1, 0.15) is 5.69 Å². The van der Waals surface area contributed by atoms with Crippen LogP contribution in [0, 0.1) is 0 Å². The van der Waals surface area contributed by atoms with E-state index in [1.54, 1.807) is 12.5 Å². The number of rotatable bonds is 1. The van der Waals surface area contributed by atoms with Gasteiger partial charge in [-0.1, -0.05) is 0 Å². The lowest BCUT2D eigenvalue weighted by Crippen LogP contribution is -2.08. The Kier molecular flexibility index (Phi) is 2.49. The van der Waals surface area contributed by atoms with Gasteiger partial charge in [-0.2, -0.15) is 0 Å². The van der Waals surface area contributed by atoms with Crippen molar-refractivity contribution in [1.29, 1.82) is 0 Å². The van der Waals surface area contributed by atoms with Crippen LogP contribution in [0.15, 0.2) is 29.1 Å². The van der Waals surface area contributed by atoms with E-state index in [4.69, 9.17) is 9.47 Å². The summed E-state index contributed by atoms with van der Waals surface area (Å²) in [7, 11) is 0. The number of halogens is 1. The minimum atomic E-state index is 0.587. The molecule has 0 spiro atoms. The van der Waals surface area contributed by atoms with Crippen molar-refractivity contribution < 1.29 is 9.47 Å². The Balaban J connectivity index is 2.24. The van der Waals surface area contributed by atoms with Crippen molar-refractivity contribution in [3.05, 3.63) is 34.8 Å². The van der Waals surface area contributed by atoms with Gasteiger partial charge in [0.2, 0.25) is 0 Å². The number of hydrogen-bond donors (Lipinski definition) is 0.